The summed E-state index contributed by atoms with van der Waals surface area (Å²) < 4.78 is 61.0. The lowest BCUT2D eigenvalue weighted by molar-refractivity contribution is -0.132. The second kappa shape index (κ2) is 5.15. The lowest BCUT2D eigenvalue weighted by Gasteiger charge is -2.10. The van der Waals surface area contributed by atoms with Gasteiger partial charge in [-0.3, -0.25) is 0 Å². The molecule has 1 rings (SSSR count). The molecule has 0 aliphatic rings. The number of alkyl halides is 3. The molecule has 18 heavy (non-hydrogen) atoms. The molecule has 0 radical (unpaired) electrons. The van der Waals surface area contributed by atoms with Crippen molar-refractivity contribution >= 4 is 15.7 Å². The average molecular weight is 282 g/mol. The van der Waals surface area contributed by atoms with E-state index in [0.29, 0.717) is 0 Å². The first-order valence-corrected chi connectivity index (χ1v) is 6.53. The minimum Gasteiger partial charge on any atom is -0.398 e. The van der Waals surface area contributed by atoms with Gasteiger partial charge in [0, 0.05) is 6.54 Å². The van der Waals surface area contributed by atoms with Crippen molar-refractivity contribution in [3.63, 3.8) is 0 Å². The number of sulfonamides is 1. The minimum absolute atomic E-state index is 0.00880. The van der Waals surface area contributed by atoms with Crippen molar-refractivity contribution in [2.45, 2.75) is 24.4 Å². The second-order valence-electron chi connectivity index (χ2n) is 3.80. The van der Waals surface area contributed by atoms with Crippen LogP contribution in [0.25, 0.3) is 0 Å². The largest absolute Gasteiger partial charge is 0.398 e. The van der Waals surface area contributed by atoms with E-state index in [0.717, 1.165) is 5.56 Å². The van der Waals surface area contributed by atoms with E-state index in [1.807, 2.05) is 4.72 Å². The van der Waals surface area contributed by atoms with E-state index in [1.54, 1.807) is 6.92 Å². The molecule has 0 amide bonds. The van der Waals surface area contributed by atoms with Gasteiger partial charge in [-0.15, -0.1) is 0 Å². The van der Waals surface area contributed by atoms with Crippen molar-refractivity contribution in [3.8, 4) is 0 Å². The summed E-state index contributed by atoms with van der Waals surface area (Å²) in [5.74, 6) is 0. The molecule has 3 N–H and O–H groups in total. The van der Waals surface area contributed by atoms with Crippen LogP contribution in [-0.2, 0) is 10.0 Å². The Morgan fingerprint density at radius 2 is 1.94 bits per heavy atom. The summed E-state index contributed by atoms with van der Waals surface area (Å²) in [5.41, 5.74) is 6.30. The van der Waals surface area contributed by atoms with E-state index in [9.17, 15) is 21.6 Å². The number of nitrogens with two attached hydrogens (primary N) is 1. The molecule has 0 saturated carbocycles. The molecule has 0 unspecified atom stereocenters. The molecule has 8 heteroatoms. The predicted octanol–water partition coefficient (Wildman–Crippen LogP) is 1.81. The first-order valence-electron chi connectivity index (χ1n) is 5.04. The molecule has 1 aromatic carbocycles. The van der Waals surface area contributed by atoms with Crippen LogP contribution in [0.2, 0.25) is 0 Å². The van der Waals surface area contributed by atoms with Crippen molar-refractivity contribution in [2.24, 2.45) is 0 Å². The summed E-state index contributed by atoms with van der Waals surface area (Å²) >= 11 is 0. The van der Waals surface area contributed by atoms with E-state index in [-0.39, 0.29) is 10.6 Å². The Bertz CT molecular complexity index is 526. The van der Waals surface area contributed by atoms with Crippen molar-refractivity contribution < 1.29 is 21.6 Å². The van der Waals surface area contributed by atoms with Gasteiger partial charge in [0.25, 0.3) is 0 Å². The summed E-state index contributed by atoms with van der Waals surface area (Å²) in [5, 5.41) is 0. The van der Waals surface area contributed by atoms with Gasteiger partial charge >= 0.3 is 6.18 Å². The molecule has 0 aliphatic heterocycles. The standard InChI is InChI=1S/C10H13F3N2O2S/c1-7-2-3-9(8(14)6-7)18(16,17)15-5-4-10(11,12)13/h2-3,6,15H,4-5,14H2,1H3. The average Bonchev–Trinajstić information content (AvgIpc) is 2.13. The van der Waals surface area contributed by atoms with Gasteiger partial charge in [0.15, 0.2) is 0 Å². The summed E-state index contributed by atoms with van der Waals surface area (Å²) in [4.78, 5) is -0.213. The highest BCUT2D eigenvalue weighted by Crippen LogP contribution is 2.21. The number of nitrogen functional groups attached to an aromatic ring is 1. The molecule has 102 valence electrons. The molecule has 0 atom stereocenters. The molecule has 0 fully saturated rings. The number of benzene rings is 1. The van der Waals surface area contributed by atoms with Gasteiger partial charge < -0.3 is 5.73 Å². The van der Waals surface area contributed by atoms with E-state index in [4.69, 9.17) is 5.73 Å². The van der Waals surface area contributed by atoms with Gasteiger partial charge in [-0.1, -0.05) is 6.07 Å². The Morgan fingerprint density at radius 3 is 2.44 bits per heavy atom. The molecule has 1 aromatic rings. The van der Waals surface area contributed by atoms with Gasteiger partial charge in [0.2, 0.25) is 10.0 Å². The second-order valence-corrected chi connectivity index (χ2v) is 5.54. The Morgan fingerprint density at radius 1 is 1.33 bits per heavy atom. The fourth-order valence-electron chi connectivity index (χ4n) is 1.32. The fraction of sp³-hybridized carbons (Fsp3) is 0.400. The summed E-state index contributed by atoms with van der Waals surface area (Å²) in [6, 6.07) is 4.23. The van der Waals surface area contributed by atoms with Gasteiger partial charge in [0.05, 0.1) is 12.1 Å². The zero-order valence-corrected chi connectivity index (χ0v) is 10.4. The van der Waals surface area contributed by atoms with Gasteiger partial charge in [-0.25, -0.2) is 13.1 Å². The van der Waals surface area contributed by atoms with Gasteiger partial charge in [0.1, 0.15) is 4.90 Å². The fourth-order valence-corrected chi connectivity index (χ4v) is 2.46. The number of hydrogen-bond acceptors (Lipinski definition) is 3. The maximum Gasteiger partial charge on any atom is 0.390 e. The van der Waals surface area contributed by atoms with Crippen molar-refractivity contribution in [1.29, 1.82) is 0 Å². The zero-order valence-electron chi connectivity index (χ0n) is 9.58. The summed E-state index contributed by atoms with van der Waals surface area (Å²) in [7, 11) is -4.01. The van der Waals surface area contributed by atoms with E-state index >= 15 is 0 Å². The number of aryl methyl sites for hydroxylation is 1. The first kappa shape index (κ1) is 14.8. The molecule has 0 bridgehead atoms. The SMILES string of the molecule is Cc1ccc(S(=O)(=O)NCCC(F)(F)F)c(N)c1. The Hall–Kier alpha value is -1.28. The molecule has 0 saturated heterocycles. The van der Waals surface area contributed by atoms with Crippen LogP contribution in [-0.4, -0.2) is 21.1 Å². The maximum absolute atomic E-state index is 11.9. The van der Waals surface area contributed by atoms with Crippen LogP contribution in [0.1, 0.15) is 12.0 Å². The van der Waals surface area contributed by atoms with Crippen LogP contribution in [0, 0.1) is 6.92 Å². The third kappa shape index (κ3) is 4.19. The summed E-state index contributed by atoms with van der Waals surface area (Å²) in [6.45, 7) is 1.02. The molecule has 0 spiro atoms. The molecule has 0 heterocycles. The number of rotatable bonds is 4. The smallest absolute Gasteiger partial charge is 0.390 e. The quantitative estimate of drug-likeness (QED) is 0.827. The molecule has 4 nitrogen and oxygen atoms in total. The predicted molar refractivity (Wildman–Crippen MR) is 61.5 cm³/mol. The topological polar surface area (TPSA) is 72.2 Å². The Labute approximate surface area is 103 Å². The third-order valence-electron chi connectivity index (χ3n) is 2.16. The lowest BCUT2D eigenvalue weighted by Crippen LogP contribution is -2.28. The number of hydrogen-bond donors (Lipinski definition) is 2. The molecular formula is C10H13F3N2O2S. The Balaban J connectivity index is 2.81. The van der Waals surface area contributed by atoms with Gasteiger partial charge in [-0.2, -0.15) is 13.2 Å². The first-order chi connectivity index (χ1) is 8.12. The highest BCUT2D eigenvalue weighted by molar-refractivity contribution is 7.89. The maximum atomic E-state index is 11.9. The molecule has 0 aliphatic carbocycles. The minimum atomic E-state index is -4.40. The van der Waals surface area contributed by atoms with E-state index in [1.165, 1.54) is 18.2 Å². The van der Waals surface area contributed by atoms with Crippen LogP contribution >= 0.6 is 0 Å². The van der Waals surface area contributed by atoms with Crippen LogP contribution in [0.3, 0.4) is 0 Å². The van der Waals surface area contributed by atoms with Crippen LogP contribution in [0.5, 0.6) is 0 Å². The van der Waals surface area contributed by atoms with Crippen molar-refractivity contribution in [3.05, 3.63) is 23.8 Å². The normalized spacial score (nSPS) is 12.7. The van der Waals surface area contributed by atoms with Crippen molar-refractivity contribution in [1.82, 2.24) is 4.72 Å². The van der Waals surface area contributed by atoms with E-state index < -0.39 is 29.2 Å². The Kier molecular flexibility index (Phi) is 4.23. The number of halogens is 3. The third-order valence-corrected chi connectivity index (χ3v) is 3.69. The van der Waals surface area contributed by atoms with E-state index in [2.05, 4.69) is 0 Å². The van der Waals surface area contributed by atoms with Crippen LogP contribution in [0.4, 0.5) is 18.9 Å². The number of nitrogens with one attached hydrogen (secondary N) is 1. The van der Waals surface area contributed by atoms with Crippen molar-refractivity contribution in [2.75, 3.05) is 12.3 Å². The number of anilines is 1. The zero-order chi connectivity index (χ0) is 14.0. The summed E-state index contributed by atoms with van der Waals surface area (Å²) in [6.07, 6.45) is -5.63. The van der Waals surface area contributed by atoms with Gasteiger partial charge in [-0.05, 0) is 24.6 Å². The highest BCUT2D eigenvalue weighted by atomic mass is 32.2. The lowest BCUT2D eigenvalue weighted by atomic mass is 10.2. The molecular weight excluding hydrogens is 269 g/mol. The highest BCUT2D eigenvalue weighted by Gasteiger charge is 2.27. The van der Waals surface area contributed by atoms with Crippen LogP contribution in [0.15, 0.2) is 23.1 Å². The monoisotopic (exact) mass is 282 g/mol. The van der Waals surface area contributed by atoms with Crippen LogP contribution < -0.4 is 10.5 Å². The molecule has 0 aromatic heterocycles.